The number of benzene rings is 2. The fraction of sp³-hybridized carbons (Fsp3) is 0.333. The van der Waals surface area contributed by atoms with Gasteiger partial charge in [-0.15, -0.1) is 0 Å². The summed E-state index contributed by atoms with van der Waals surface area (Å²) in [7, 11) is 0. The second-order valence-corrected chi connectivity index (χ2v) is 6.02. The highest BCUT2D eigenvalue weighted by molar-refractivity contribution is 5.75. The van der Waals surface area contributed by atoms with E-state index in [4.69, 9.17) is 14.9 Å². The number of halogens is 2. The van der Waals surface area contributed by atoms with Gasteiger partial charge in [-0.1, -0.05) is 6.07 Å². The van der Waals surface area contributed by atoms with E-state index in [1.165, 1.54) is 24.3 Å². The lowest BCUT2D eigenvalue weighted by Crippen LogP contribution is -2.24. The van der Waals surface area contributed by atoms with E-state index in [2.05, 4.69) is 15.4 Å². The summed E-state index contributed by atoms with van der Waals surface area (Å²) in [6.07, 6.45) is 0. The zero-order chi connectivity index (χ0) is 23.2. The van der Waals surface area contributed by atoms with Crippen molar-refractivity contribution in [3.05, 3.63) is 53.6 Å². The van der Waals surface area contributed by atoms with Crippen LogP contribution in [0.3, 0.4) is 0 Å². The Morgan fingerprint density at radius 1 is 0.871 bits per heavy atom. The standard InChI is InChI=1S/C11H14FNO3.C10H12FNO3/c1-2-16-11(15)7-13-6-8-3-4-10(14)9(12)5-8;1-2-15-10(14)6-12-7-3-4-9(13)8(11)5-7/h3-5,13-14H,2,6-7H2,1H3;3-5,12-13H,2,6H2,1H3. The molecule has 2 aromatic carbocycles. The van der Waals surface area contributed by atoms with Gasteiger partial charge in [-0.05, 0) is 43.7 Å². The molecule has 170 valence electrons. The topological polar surface area (TPSA) is 117 Å². The number of carbonyl (C=O) groups excluding carboxylic acids is 2. The van der Waals surface area contributed by atoms with E-state index in [0.717, 1.165) is 6.07 Å². The van der Waals surface area contributed by atoms with Gasteiger partial charge in [-0.2, -0.15) is 0 Å². The van der Waals surface area contributed by atoms with Gasteiger partial charge in [0.25, 0.3) is 0 Å². The van der Waals surface area contributed by atoms with Gasteiger partial charge in [0.1, 0.15) is 6.54 Å². The van der Waals surface area contributed by atoms with Crippen molar-refractivity contribution in [1.82, 2.24) is 5.32 Å². The van der Waals surface area contributed by atoms with Gasteiger partial charge in [0.15, 0.2) is 23.1 Å². The summed E-state index contributed by atoms with van der Waals surface area (Å²) in [4.78, 5) is 21.9. The Morgan fingerprint density at radius 2 is 1.42 bits per heavy atom. The second-order valence-electron chi connectivity index (χ2n) is 6.02. The van der Waals surface area contributed by atoms with Gasteiger partial charge in [-0.25, -0.2) is 8.78 Å². The number of anilines is 1. The van der Waals surface area contributed by atoms with E-state index in [0.29, 0.717) is 31.0 Å². The molecule has 0 saturated heterocycles. The van der Waals surface area contributed by atoms with Crippen LogP contribution in [0.15, 0.2) is 36.4 Å². The summed E-state index contributed by atoms with van der Waals surface area (Å²) in [6, 6.07) is 7.86. The maximum atomic E-state index is 12.9. The monoisotopic (exact) mass is 440 g/mol. The van der Waals surface area contributed by atoms with Gasteiger partial charge in [0.2, 0.25) is 0 Å². The minimum absolute atomic E-state index is 0.0297. The molecule has 0 saturated carbocycles. The van der Waals surface area contributed by atoms with Crippen molar-refractivity contribution >= 4 is 17.6 Å². The first-order valence-corrected chi connectivity index (χ1v) is 9.48. The van der Waals surface area contributed by atoms with E-state index in [-0.39, 0.29) is 24.8 Å². The third-order valence-electron chi connectivity index (χ3n) is 3.61. The molecule has 0 aliphatic carbocycles. The summed E-state index contributed by atoms with van der Waals surface area (Å²) >= 11 is 0. The number of phenols is 2. The Morgan fingerprint density at radius 3 is 1.97 bits per heavy atom. The average molecular weight is 440 g/mol. The molecule has 31 heavy (non-hydrogen) atoms. The minimum atomic E-state index is -0.733. The molecular formula is C21H26F2N2O6. The first-order valence-electron chi connectivity index (χ1n) is 9.48. The highest BCUT2D eigenvalue weighted by Gasteiger charge is 2.05. The van der Waals surface area contributed by atoms with Crippen LogP contribution >= 0.6 is 0 Å². The van der Waals surface area contributed by atoms with Crippen LogP contribution in [0.5, 0.6) is 11.5 Å². The molecular weight excluding hydrogens is 414 g/mol. The van der Waals surface area contributed by atoms with E-state index in [9.17, 15) is 18.4 Å². The van der Waals surface area contributed by atoms with E-state index < -0.39 is 23.4 Å². The SMILES string of the molecule is CCOC(=O)CNCc1ccc(O)c(F)c1.CCOC(=O)CNc1ccc(O)c(F)c1. The predicted octanol–water partition coefficient (Wildman–Crippen LogP) is 2.69. The Kier molecular flexibility index (Phi) is 11.4. The van der Waals surface area contributed by atoms with Crippen LogP contribution in [0.1, 0.15) is 19.4 Å². The first kappa shape index (κ1) is 25.6. The van der Waals surface area contributed by atoms with Crippen LogP contribution in [0.4, 0.5) is 14.5 Å². The minimum Gasteiger partial charge on any atom is -0.505 e. The molecule has 10 heteroatoms. The molecule has 0 unspecified atom stereocenters. The normalized spacial score (nSPS) is 9.94. The smallest absolute Gasteiger partial charge is 0.325 e. The van der Waals surface area contributed by atoms with Crippen molar-refractivity contribution in [1.29, 1.82) is 0 Å². The van der Waals surface area contributed by atoms with Crippen LogP contribution in [-0.2, 0) is 25.6 Å². The Hall–Kier alpha value is -3.40. The van der Waals surface area contributed by atoms with Crippen molar-refractivity contribution in [2.24, 2.45) is 0 Å². The molecule has 2 aromatic rings. The van der Waals surface area contributed by atoms with Gasteiger partial charge in [0.05, 0.1) is 19.8 Å². The lowest BCUT2D eigenvalue weighted by Gasteiger charge is -2.06. The molecule has 0 radical (unpaired) electrons. The molecule has 0 aliphatic heterocycles. The van der Waals surface area contributed by atoms with E-state index in [1.807, 2.05) is 0 Å². The molecule has 0 heterocycles. The highest BCUT2D eigenvalue weighted by atomic mass is 19.1. The number of nitrogens with one attached hydrogen (secondary N) is 2. The number of aromatic hydroxyl groups is 2. The van der Waals surface area contributed by atoms with E-state index in [1.54, 1.807) is 19.9 Å². The third kappa shape index (κ3) is 10.3. The maximum Gasteiger partial charge on any atom is 0.325 e. The molecule has 2 rings (SSSR count). The largest absolute Gasteiger partial charge is 0.505 e. The lowest BCUT2D eigenvalue weighted by molar-refractivity contribution is -0.142. The number of esters is 2. The predicted molar refractivity (Wildman–Crippen MR) is 110 cm³/mol. The second kappa shape index (κ2) is 13.8. The molecule has 0 bridgehead atoms. The Bertz CT molecular complexity index is 864. The Labute approximate surface area is 178 Å². The fourth-order valence-electron chi connectivity index (χ4n) is 2.18. The summed E-state index contributed by atoms with van der Waals surface area (Å²) in [5.41, 5.74) is 1.07. The van der Waals surface area contributed by atoms with Gasteiger partial charge in [-0.3, -0.25) is 9.59 Å². The van der Waals surface area contributed by atoms with E-state index >= 15 is 0 Å². The molecule has 0 amide bonds. The molecule has 4 N–H and O–H groups in total. The van der Waals surface area contributed by atoms with Crippen molar-refractivity contribution in [2.45, 2.75) is 20.4 Å². The summed E-state index contributed by atoms with van der Waals surface area (Å²) in [6.45, 7) is 4.48. The van der Waals surface area contributed by atoms with Gasteiger partial charge in [0, 0.05) is 18.3 Å². The molecule has 0 atom stereocenters. The lowest BCUT2D eigenvalue weighted by atomic mass is 10.2. The zero-order valence-corrected chi connectivity index (χ0v) is 17.3. The summed E-state index contributed by atoms with van der Waals surface area (Å²) in [5.74, 6) is -2.96. The number of hydrogen-bond acceptors (Lipinski definition) is 8. The maximum absolute atomic E-state index is 12.9. The summed E-state index contributed by atoms with van der Waals surface area (Å²) in [5, 5.41) is 23.4. The number of rotatable bonds is 9. The molecule has 0 aliphatic rings. The number of carbonyl (C=O) groups is 2. The number of hydrogen-bond donors (Lipinski definition) is 4. The van der Waals surface area contributed by atoms with Crippen molar-refractivity contribution in [3.63, 3.8) is 0 Å². The fourth-order valence-corrected chi connectivity index (χ4v) is 2.18. The molecule has 8 nitrogen and oxygen atoms in total. The quantitative estimate of drug-likeness (QED) is 0.347. The highest BCUT2D eigenvalue weighted by Crippen LogP contribution is 2.19. The van der Waals surface area contributed by atoms with Crippen LogP contribution in [0.2, 0.25) is 0 Å². The van der Waals surface area contributed by atoms with Gasteiger partial charge < -0.3 is 30.3 Å². The van der Waals surface area contributed by atoms with Crippen molar-refractivity contribution in [3.8, 4) is 11.5 Å². The van der Waals surface area contributed by atoms with Crippen LogP contribution in [0, 0.1) is 11.6 Å². The average Bonchev–Trinajstić information content (AvgIpc) is 2.72. The molecule has 0 aromatic heterocycles. The van der Waals surface area contributed by atoms with Crippen LogP contribution < -0.4 is 10.6 Å². The van der Waals surface area contributed by atoms with Crippen LogP contribution in [-0.4, -0.2) is 48.5 Å². The van der Waals surface area contributed by atoms with Crippen LogP contribution in [0.25, 0.3) is 0 Å². The number of phenolic OH excluding ortho intramolecular Hbond substituents is 2. The third-order valence-corrected chi connectivity index (χ3v) is 3.61. The Balaban J connectivity index is 0.000000311. The van der Waals surface area contributed by atoms with Crippen molar-refractivity contribution < 1.29 is 38.1 Å². The molecule has 0 fully saturated rings. The zero-order valence-electron chi connectivity index (χ0n) is 17.3. The molecule has 0 spiro atoms. The first-order chi connectivity index (χ1) is 14.8. The van der Waals surface area contributed by atoms with Crippen molar-refractivity contribution in [2.75, 3.05) is 31.6 Å². The van der Waals surface area contributed by atoms with Gasteiger partial charge >= 0.3 is 11.9 Å². The summed E-state index contributed by atoms with van der Waals surface area (Å²) < 4.78 is 35.1. The number of ether oxygens (including phenoxy) is 2.